The highest BCUT2D eigenvalue weighted by molar-refractivity contribution is 5.81. The Balaban J connectivity index is 4.07. The van der Waals surface area contributed by atoms with Crippen molar-refractivity contribution < 1.29 is 23.9 Å². The van der Waals surface area contributed by atoms with Crippen molar-refractivity contribution in [1.29, 1.82) is 0 Å². The van der Waals surface area contributed by atoms with E-state index in [4.69, 9.17) is 9.47 Å². The van der Waals surface area contributed by atoms with Crippen LogP contribution < -0.4 is 5.32 Å². The van der Waals surface area contributed by atoms with E-state index in [1.807, 2.05) is 0 Å². The zero-order chi connectivity index (χ0) is 37.5. The number of rotatable bonds is 36. The predicted octanol–water partition coefficient (Wildman–Crippen LogP) is 11.1. The van der Waals surface area contributed by atoms with E-state index in [0.717, 1.165) is 64.2 Å². The molecular weight excluding hydrogens is 636 g/mol. The van der Waals surface area contributed by atoms with Crippen molar-refractivity contribution in [3.63, 3.8) is 0 Å². The van der Waals surface area contributed by atoms with Crippen LogP contribution in [-0.2, 0) is 23.9 Å². The topological polar surface area (TPSA) is 84.9 Å². The third-order valence-corrected chi connectivity index (χ3v) is 8.62. The summed E-state index contributed by atoms with van der Waals surface area (Å²) in [6.45, 7) is 5.37. The fourth-order valence-electron chi connectivity index (χ4n) is 5.62. The number of nitrogens with zero attached hydrogens (tertiary/aromatic N) is 1. The zero-order valence-electron chi connectivity index (χ0n) is 33.5. The Labute approximate surface area is 314 Å². The number of carbonyl (C=O) groups is 3. The van der Waals surface area contributed by atoms with E-state index < -0.39 is 18.0 Å². The molecule has 0 heterocycles. The zero-order valence-corrected chi connectivity index (χ0v) is 33.5. The molecule has 0 radical (unpaired) electrons. The minimum Gasteiger partial charge on any atom is -0.466 e. The van der Waals surface area contributed by atoms with Gasteiger partial charge in [-0.25, -0.2) is 0 Å². The first kappa shape index (κ1) is 48.3. The number of hydrogen-bond donors (Lipinski definition) is 1. The average Bonchev–Trinajstić information content (AvgIpc) is 3.09. The Kier molecular flexibility index (Phi) is 36.5. The minimum absolute atomic E-state index is 0.0404. The van der Waals surface area contributed by atoms with Crippen molar-refractivity contribution in [3.05, 3.63) is 48.6 Å². The molecule has 0 rings (SSSR count). The van der Waals surface area contributed by atoms with Gasteiger partial charge in [0, 0.05) is 6.04 Å². The summed E-state index contributed by atoms with van der Waals surface area (Å²) in [5.41, 5.74) is 0. The largest absolute Gasteiger partial charge is 0.466 e. The fourth-order valence-corrected chi connectivity index (χ4v) is 5.62. The molecule has 0 aliphatic rings. The van der Waals surface area contributed by atoms with Gasteiger partial charge in [-0.2, -0.15) is 0 Å². The summed E-state index contributed by atoms with van der Waals surface area (Å²) in [6.07, 6.45) is 44.5. The first-order valence-corrected chi connectivity index (χ1v) is 20.7. The van der Waals surface area contributed by atoms with Crippen LogP contribution in [0, 0.1) is 0 Å². The van der Waals surface area contributed by atoms with Gasteiger partial charge in [0.2, 0.25) is 5.91 Å². The molecule has 1 amide bonds. The maximum absolute atomic E-state index is 12.6. The smallest absolute Gasteiger partial charge is 0.307 e. The number of esters is 2. The van der Waals surface area contributed by atoms with Crippen molar-refractivity contribution in [2.24, 2.45) is 0 Å². The summed E-state index contributed by atoms with van der Waals surface area (Å²) < 4.78 is 10.9. The van der Waals surface area contributed by atoms with Crippen LogP contribution in [0.1, 0.15) is 174 Å². The summed E-state index contributed by atoms with van der Waals surface area (Å²) in [7, 11) is 3.60. The van der Waals surface area contributed by atoms with Gasteiger partial charge in [-0.15, -0.1) is 0 Å². The van der Waals surface area contributed by atoms with Gasteiger partial charge in [0.15, 0.2) is 0 Å². The second kappa shape index (κ2) is 38.6. The molecule has 7 heteroatoms. The standard InChI is InChI=1S/C44H78N2O5/c1-5-7-9-11-13-15-17-19-21-23-25-27-29-31-33-35-37-51-44(49)39-41(45-42(47)40-46(3)4)38-43(48)50-36-34-32-30-28-26-24-22-20-18-16-14-12-10-8-6-2/h12-15,18-21,41H,5-11,16-17,22-40H2,1-4H3,(H,45,47)/b14-12-,15-13-,20-18-,21-19-. The molecule has 7 nitrogen and oxygen atoms in total. The Morgan fingerprint density at radius 2 is 0.882 bits per heavy atom. The molecule has 0 spiro atoms. The molecule has 0 aromatic rings. The Morgan fingerprint density at radius 1 is 0.510 bits per heavy atom. The highest BCUT2D eigenvalue weighted by Gasteiger charge is 2.22. The third kappa shape index (κ3) is 38.4. The molecular formula is C44H78N2O5. The van der Waals surface area contributed by atoms with E-state index in [0.29, 0.717) is 13.2 Å². The number of allylic oxidation sites excluding steroid dienone is 8. The minimum atomic E-state index is -0.639. The number of amides is 1. The van der Waals surface area contributed by atoms with Crippen LogP contribution in [0.4, 0.5) is 0 Å². The summed E-state index contributed by atoms with van der Waals surface area (Å²) in [4.78, 5) is 39.3. The number of likely N-dealkylation sites (N-methyl/N-ethyl adjacent to an activating group) is 1. The third-order valence-electron chi connectivity index (χ3n) is 8.62. The highest BCUT2D eigenvalue weighted by atomic mass is 16.5. The quantitative estimate of drug-likeness (QED) is 0.0395. The summed E-state index contributed by atoms with van der Waals surface area (Å²) in [6, 6.07) is -0.639. The monoisotopic (exact) mass is 715 g/mol. The number of nitrogens with one attached hydrogen (secondary N) is 1. The second-order valence-electron chi connectivity index (χ2n) is 14.2. The molecule has 51 heavy (non-hydrogen) atoms. The van der Waals surface area contributed by atoms with Gasteiger partial charge in [-0.3, -0.25) is 14.4 Å². The van der Waals surface area contributed by atoms with Gasteiger partial charge in [0.1, 0.15) is 0 Å². The number of carbonyl (C=O) groups excluding carboxylic acids is 3. The first-order valence-electron chi connectivity index (χ1n) is 20.7. The van der Waals surface area contributed by atoms with E-state index in [1.54, 1.807) is 19.0 Å². The molecule has 0 aromatic carbocycles. The van der Waals surface area contributed by atoms with Gasteiger partial charge >= 0.3 is 11.9 Å². The highest BCUT2D eigenvalue weighted by Crippen LogP contribution is 2.11. The Morgan fingerprint density at radius 3 is 1.29 bits per heavy atom. The number of unbranched alkanes of at least 4 members (excludes halogenated alkanes) is 17. The lowest BCUT2D eigenvalue weighted by molar-refractivity contribution is -0.146. The predicted molar refractivity (Wildman–Crippen MR) is 216 cm³/mol. The van der Waals surface area contributed by atoms with Crippen LogP contribution >= 0.6 is 0 Å². The maximum Gasteiger partial charge on any atom is 0.307 e. The fraction of sp³-hybridized carbons (Fsp3) is 0.750. The van der Waals surface area contributed by atoms with E-state index >= 15 is 0 Å². The van der Waals surface area contributed by atoms with Crippen LogP contribution in [0.2, 0.25) is 0 Å². The SMILES string of the molecule is CCCC/C=C\C/C=C\CCCCCCCCOC(=O)CC(CC(=O)OCCCCCCCC/C=C\C/C=C\CCCCC)NC(=O)CN(C)C. The van der Waals surface area contributed by atoms with Crippen molar-refractivity contribution in [2.75, 3.05) is 33.9 Å². The lowest BCUT2D eigenvalue weighted by atomic mass is 10.1. The van der Waals surface area contributed by atoms with E-state index in [1.165, 1.54) is 83.5 Å². The molecule has 0 saturated heterocycles. The van der Waals surface area contributed by atoms with Crippen LogP contribution in [-0.4, -0.2) is 62.6 Å². The molecule has 1 N–H and O–H groups in total. The number of ether oxygens (including phenoxy) is 2. The van der Waals surface area contributed by atoms with Crippen molar-refractivity contribution in [3.8, 4) is 0 Å². The second-order valence-corrected chi connectivity index (χ2v) is 14.2. The Hall–Kier alpha value is -2.67. The molecule has 0 fully saturated rings. The van der Waals surface area contributed by atoms with Gasteiger partial charge in [-0.1, -0.05) is 140 Å². The van der Waals surface area contributed by atoms with Crippen molar-refractivity contribution in [1.82, 2.24) is 10.2 Å². The average molecular weight is 715 g/mol. The molecule has 0 bridgehead atoms. The maximum atomic E-state index is 12.6. The molecule has 0 aliphatic heterocycles. The molecule has 0 saturated carbocycles. The summed E-state index contributed by atoms with van der Waals surface area (Å²) in [5.74, 6) is -1.02. The van der Waals surface area contributed by atoms with Crippen molar-refractivity contribution in [2.45, 2.75) is 180 Å². The molecule has 0 aromatic heterocycles. The van der Waals surface area contributed by atoms with Gasteiger partial charge in [0.25, 0.3) is 0 Å². The molecule has 294 valence electrons. The van der Waals surface area contributed by atoms with E-state index in [9.17, 15) is 14.4 Å². The van der Waals surface area contributed by atoms with Gasteiger partial charge < -0.3 is 19.7 Å². The number of hydrogen-bond acceptors (Lipinski definition) is 6. The van der Waals surface area contributed by atoms with E-state index in [2.05, 4.69) is 67.8 Å². The molecule has 1 atom stereocenters. The van der Waals surface area contributed by atoms with Crippen molar-refractivity contribution >= 4 is 17.8 Å². The van der Waals surface area contributed by atoms with Crippen LogP contribution in [0.25, 0.3) is 0 Å². The van der Waals surface area contributed by atoms with Gasteiger partial charge in [-0.05, 0) is 84.7 Å². The van der Waals surface area contributed by atoms with Crippen LogP contribution in [0.3, 0.4) is 0 Å². The summed E-state index contributed by atoms with van der Waals surface area (Å²) >= 11 is 0. The summed E-state index contributed by atoms with van der Waals surface area (Å²) in [5, 5.41) is 2.83. The normalized spacial score (nSPS) is 12.6. The lowest BCUT2D eigenvalue weighted by Crippen LogP contribution is -2.42. The van der Waals surface area contributed by atoms with Crippen LogP contribution in [0.15, 0.2) is 48.6 Å². The molecule has 0 aliphatic carbocycles. The van der Waals surface area contributed by atoms with Gasteiger partial charge in [0.05, 0.1) is 32.6 Å². The van der Waals surface area contributed by atoms with E-state index in [-0.39, 0.29) is 25.3 Å². The lowest BCUT2D eigenvalue weighted by Gasteiger charge is -2.19. The molecule has 1 unspecified atom stereocenters. The Bertz CT molecular complexity index is 940. The first-order chi connectivity index (χ1) is 24.9. The van der Waals surface area contributed by atoms with Crippen LogP contribution in [0.5, 0.6) is 0 Å².